The van der Waals surface area contributed by atoms with Crippen LogP contribution >= 0.6 is 0 Å². The molecule has 1 atom stereocenters. The first-order valence-electron chi connectivity index (χ1n) is 11.1. The van der Waals surface area contributed by atoms with Gasteiger partial charge in [0.1, 0.15) is 5.56 Å². The summed E-state index contributed by atoms with van der Waals surface area (Å²) in [5.41, 5.74) is 1.55. The van der Waals surface area contributed by atoms with Gasteiger partial charge in [0.15, 0.2) is 29.1 Å². The van der Waals surface area contributed by atoms with Crippen molar-refractivity contribution in [1.82, 2.24) is 0 Å². The van der Waals surface area contributed by atoms with Gasteiger partial charge in [-0.05, 0) is 35.9 Å². The van der Waals surface area contributed by atoms with Crippen molar-refractivity contribution >= 4 is 17.4 Å². The number of nitro benzene ring substituents is 1. The first kappa shape index (κ1) is 25.3. The molecule has 0 spiro atoms. The highest BCUT2D eigenvalue weighted by Crippen LogP contribution is 2.43. The molecule has 0 radical (unpaired) electrons. The van der Waals surface area contributed by atoms with E-state index < -0.39 is 17.0 Å². The van der Waals surface area contributed by atoms with Crippen LogP contribution in [-0.4, -0.2) is 45.0 Å². The van der Waals surface area contributed by atoms with E-state index in [1.165, 1.54) is 45.6 Å². The Bertz CT molecular complexity index is 1370. The number of rotatable bonds is 9. The summed E-state index contributed by atoms with van der Waals surface area (Å²) in [7, 11) is 6.02. The number of benzene rings is 3. The average molecular weight is 508 g/mol. The van der Waals surface area contributed by atoms with E-state index in [-0.39, 0.29) is 22.7 Å². The second kappa shape index (κ2) is 10.9. The van der Waals surface area contributed by atoms with Crippen molar-refractivity contribution in [1.29, 1.82) is 0 Å². The first-order chi connectivity index (χ1) is 17.9. The minimum absolute atomic E-state index is 0.107. The zero-order valence-electron chi connectivity index (χ0n) is 20.5. The third kappa shape index (κ3) is 4.96. The van der Waals surface area contributed by atoms with E-state index in [1.807, 2.05) is 6.07 Å². The van der Waals surface area contributed by atoms with Gasteiger partial charge in [0, 0.05) is 18.1 Å². The van der Waals surface area contributed by atoms with Crippen molar-refractivity contribution < 1.29 is 38.2 Å². The summed E-state index contributed by atoms with van der Waals surface area (Å²) in [5.74, 6) is 0.927. The Morgan fingerprint density at radius 2 is 1.62 bits per heavy atom. The highest BCUT2D eigenvalue weighted by atomic mass is 16.6. The predicted octanol–water partition coefficient (Wildman–Crippen LogP) is 4.71. The van der Waals surface area contributed by atoms with Gasteiger partial charge in [-0.25, -0.2) is 4.79 Å². The number of ether oxygens (including phenoxy) is 5. The van der Waals surface area contributed by atoms with Gasteiger partial charge in [-0.15, -0.1) is 0 Å². The molecular formula is C26H24N2O9. The fraction of sp³-hybridized carbons (Fsp3) is 0.231. The Morgan fingerprint density at radius 1 is 0.919 bits per heavy atom. The lowest BCUT2D eigenvalue weighted by Crippen LogP contribution is -2.12. The molecule has 4 rings (SSSR count). The molecule has 0 bridgehead atoms. The molecule has 0 N–H and O–H groups in total. The molecule has 0 fully saturated rings. The van der Waals surface area contributed by atoms with Crippen LogP contribution in [0.25, 0.3) is 0 Å². The van der Waals surface area contributed by atoms with Crippen molar-refractivity contribution in [3.05, 3.63) is 81.4 Å². The standard InChI is InChI=1S/C26H24N2O9/c1-32-21-12-10-16(24(34-3)25(21)35-4)18-14-22(37-27-18)15-9-11-20(23(13-15)33-2)36-26(29)17-7-5-6-8-19(17)28(30)31/h5-13,22H,14H2,1-4H3. The lowest BCUT2D eigenvalue weighted by Gasteiger charge is -2.15. The number of methoxy groups -OCH3 is 4. The Labute approximate surface area is 212 Å². The molecule has 3 aromatic rings. The van der Waals surface area contributed by atoms with Gasteiger partial charge in [-0.1, -0.05) is 23.4 Å². The summed E-state index contributed by atoms with van der Waals surface area (Å²) in [6.45, 7) is 0. The van der Waals surface area contributed by atoms with Gasteiger partial charge < -0.3 is 28.5 Å². The van der Waals surface area contributed by atoms with E-state index >= 15 is 0 Å². The third-order valence-corrected chi connectivity index (χ3v) is 5.77. The second-order valence-electron chi connectivity index (χ2n) is 7.79. The highest BCUT2D eigenvalue weighted by Gasteiger charge is 2.29. The molecule has 1 unspecified atom stereocenters. The van der Waals surface area contributed by atoms with Crippen LogP contribution in [0, 0.1) is 10.1 Å². The maximum Gasteiger partial charge on any atom is 0.350 e. The molecule has 0 saturated heterocycles. The summed E-state index contributed by atoms with van der Waals surface area (Å²) in [6, 6.07) is 14.0. The fourth-order valence-corrected chi connectivity index (χ4v) is 3.97. The van der Waals surface area contributed by atoms with Crippen molar-refractivity contribution in [3.63, 3.8) is 0 Å². The molecule has 37 heavy (non-hydrogen) atoms. The van der Waals surface area contributed by atoms with Gasteiger partial charge in [0.25, 0.3) is 5.69 Å². The third-order valence-electron chi connectivity index (χ3n) is 5.77. The average Bonchev–Trinajstić information content (AvgIpc) is 3.42. The molecule has 1 aliphatic rings. The molecule has 1 aliphatic heterocycles. The van der Waals surface area contributed by atoms with Crippen LogP contribution in [0.15, 0.2) is 59.8 Å². The van der Waals surface area contributed by atoms with Crippen molar-refractivity contribution in [2.45, 2.75) is 12.5 Å². The smallest absolute Gasteiger partial charge is 0.350 e. The summed E-state index contributed by atoms with van der Waals surface area (Å²) in [5, 5.41) is 15.5. The van der Waals surface area contributed by atoms with E-state index in [0.29, 0.717) is 34.9 Å². The largest absolute Gasteiger partial charge is 0.493 e. The number of oxime groups is 1. The zero-order valence-corrected chi connectivity index (χ0v) is 20.5. The Hall–Kier alpha value is -4.80. The number of carbonyl (C=O) groups is 1. The summed E-state index contributed by atoms with van der Waals surface area (Å²) in [4.78, 5) is 29.0. The lowest BCUT2D eigenvalue weighted by molar-refractivity contribution is -0.385. The molecule has 0 saturated carbocycles. The molecule has 11 nitrogen and oxygen atoms in total. The number of para-hydroxylation sites is 1. The number of nitro groups is 1. The SMILES string of the molecule is COc1cc(C2CC(c3ccc(OC)c(OC)c3OC)=NO2)ccc1OC(=O)c1ccccc1[N+](=O)[O-]. The quantitative estimate of drug-likeness (QED) is 0.175. The van der Waals surface area contributed by atoms with Crippen molar-refractivity contribution in [3.8, 4) is 28.7 Å². The molecule has 1 heterocycles. The topological polar surface area (TPSA) is 128 Å². The van der Waals surface area contributed by atoms with Crippen LogP contribution in [0.2, 0.25) is 0 Å². The van der Waals surface area contributed by atoms with Crippen molar-refractivity contribution in [2.24, 2.45) is 5.16 Å². The number of hydrogen-bond acceptors (Lipinski definition) is 10. The van der Waals surface area contributed by atoms with Gasteiger partial charge >= 0.3 is 5.97 Å². The second-order valence-corrected chi connectivity index (χ2v) is 7.79. The van der Waals surface area contributed by atoms with Gasteiger partial charge in [0.2, 0.25) is 5.75 Å². The predicted molar refractivity (Wildman–Crippen MR) is 132 cm³/mol. The summed E-state index contributed by atoms with van der Waals surface area (Å²) >= 11 is 0. The molecular weight excluding hydrogens is 484 g/mol. The van der Waals surface area contributed by atoms with Gasteiger partial charge in [0.05, 0.1) is 39.1 Å². The Morgan fingerprint density at radius 3 is 2.30 bits per heavy atom. The maximum absolute atomic E-state index is 12.7. The van der Waals surface area contributed by atoms with E-state index in [4.69, 9.17) is 28.5 Å². The van der Waals surface area contributed by atoms with Crippen LogP contribution in [-0.2, 0) is 4.84 Å². The minimum Gasteiger partial charge on any atom is -0.493 e. The van der Waals surface area contributed by atoms with E-state index in [2.05, 4.69) is 5.16 Å². The number of carbonyl (C=O) groups excluding carboxylic acids is 1. The molecule has 0 amide bonds. The summed E-state index contributed by atoms with van der Waals surface area (Å²) in [6.07, 6.45) is -0.0219. The highest BCUT2D eigenvalue weighted by molar-refractivity contribution is 6.04. The van der Waals surface area contributed by atoms with Crippen LogP contribution in [0.4, 0.5) is 5.69 Å². The number of esters is 1. The Balaban J connectivity index is 1.55. The number of hydrogen-bond donors (Lipinski definition) is 0. The van der Waals surface area contributed by atoms with Crippen LogP contribution in [0.5, 0.6) is 28.7 Å². The molecule has 0 aromatic heterocycles. The van der Waals surface area contributed by atoms with Crippen LogP contribution in [0.1, 0.15) is 34.0 Å². The van der Waals surface area contributed by atoms with Gasteiger partial charge in [-0.2, -0.15) is 0 Å². The molecule has 3 aromatic carbocycles. The van der Waals surface area contributed by atoms with Crippen molar-refractivity contribution in [2.75, 3.05) is 28.4 Å². The fourth-order valence-electron chi connectivity index (χ4n) is 3.97. The number of nitrogens with zero attached hydrogens (tertiary/aromatic N) is 2. The molecule has 0 aliphatic carbocycles. The first-order valence-corrected chi connectivity index (χ1v) is 11.1. The minimum atomic E-state index is -0.873. The monoisotopic (exact) mass is 508 g/mol. The summed E-state index contributed by atoms with van der Waals surface area (Å²) < 4.78 is 27.2. The van der Waals surface area contributed by atoms with E-state index in [0.717, 1.165) is 5.56 Å². The maximum atomic E-state index is 12.7. The van der Waals surface area contributed by atoms with Crippen LogP contribution < -0.4 is 23.7 Å². The molecule has 192 valence electrons. The van der Waals surface area contributed by atoms with Gasteiger partial charge in [-0.3, -0.25) is 10.1 Å². The van der Waals surface area contributed by atoms with Crippen LogP contribution in [0.3, 0.4) is 0 Å². The van der Waals surface area contributed by atoms with E-state index in [9.17, 15) is 14.9 Å². The Kier molecular flexibility index (Phi) is 7.42. The molecule has 11 heteroatoms. The normalized spacial score (nSPS) is 14.3. The van der Waals surface area contributed by atoms with E-state index in [1.54, 1.807) is 31.4 Å². The zero-order chi connectivity index (χ0) is 26.5. The lowest BCUT2D eigenvalue weighted by atomic mass is 9.99.